The predicted octanol–water partition coefficient (Wildman–Crippen LogP) is -1.50. The molecule has 0 unspecified atom stereocenters. The first-order valence-corrected chi connectivity index (χ1v) is 5.84. The van der Waals surface area contributed by atoms with Crippen LogP contribution >= 0.6 is 0 Å². The highest BCUT2D eigenvalue weighted by molar-refractivity contribution is 4.62. The average Bonchev–Trinajstić information content (AvgIpc) is 2.34. The number of nitrogens with zero attached hydrogens (tertiary/aromatic N) is 2. The molecule has 0 aromatic rings. The Bertz CT molecular complexity index is 165. The number of hydrogen-bond acceptors (Lipinski definition) is 6. The number of aliphatic hydroxyl groups excluding tert-OH is 1. The van der Waals surface area contributed by atoms with Crippen molar-refractivity contribution in [1.82, 2.24) is 10.0 Å². The zero-order valence-electron chi connectivity index (χ0n) is 9.81. The summed E-state index contributed by atoms with van der Waals surface area (Å²) in [6.45, 7) is 6.78. The van der Waals surface area contributed by atoms with Crippen LogP contribution < -0.4 is 5.73 Å². The highest BCUT2D eigenvalue weighted by Gasteiger charge is 2.17. The molecule has 16 heavy (non-hydrogen) atoms. The smallest absolute Gasteiger partial charge is 0.0698 e. The van der Waals surface area contributed by atoms with Crippen LogP contribution in [0, 0.1) is 0 Å². The Kier molecular flexibility index (Phi) is 7.65. The van der Waals surface area contributed by atoms with Gasteiger partial charge in [0, 0.05) is 32.7 Å². The highest BCUT2D eigenvalue weighted by Crippen LogP contribution is 2.02. The van der Waals surface area contributed by atoms with Gasteiger partial charge in [0.15, 0.2) is 0 Å². The Balaban J connectivity index is 2.22. The molecule has 0 radical (unpaired) electrons. The van der Waals surface area contributed by atoms with Crippen molar-refractivity contribution in [3.05, 3.63) is 0 Å². The van der Waals surface area contributed by atoms with Crippen LogP contribution in [0.2, 0.25) is 0 Å². The lowest BCUT2D eigenvalue weighted by Crippen LogP contribution is -2.51. The molecule has 0 atom stereocenters. The van der Waals surface area contributed by atoms with Gasteiger partial charge in [-0.25, -0.2) is 10.0 Å². The fourth-order valence-corrected chi connectivity index (χ4v) is 1.72. The van der Waals surface area contributed by atoms with Gasteiger partial charge in [0.2, 0.25) is 0 Å². The van der Waals surface area contributed by atoms with E-state index in [1.54, 1.807) is 0 Å². The van der Waals surface area contributed by atoms with Crippen LogP contribution in [0.4, 0.5) is 0 Å². The lowest BCUT2D eigenvalue weighted by molar-refractivity contribution is -0.0976. The Morgan fingerprint density at radius 3 is 2.62 bits per heavy atom. The molecule has 0 aromatic carbocycles. The van der Waals surface area contributed by atoms with Crippen molar-refractivity contribution < 1.29 is 14.6 Å². The Morgan fingerprint density at radius 2 is 2.00 bits per heavy atom. The molecule has 0 amide bonds. The van der Waals surface area contributed by atoms with Gasteiger partial charge in [0.25, 0.3) is 0 Å². The minimum Gasteiger partial charge on any atom is -0.394 e. The van der Waals surface area contributed by atoms with Crippen LogP contribution in [0.3, 0.4) is 0 Å². The minimum atomic E-state index is 0.0778. The molecule has 1 rings (SSSR count). The van der Waals surface area contributed by atoms with Gasteiger partial charge in [-0.3, -0.25) is 0 Å². The molecule has 1 heterocycles. The third-order valence-electron chi connectivity index (χ3n) is 2.50. The molecule has 0 bridgehead atoms. The Morgan fingerprint density at radius 1 is 1.25 bits per heavy atom. The maximum atomic E-state index is 8.60. The zero-order chi connectivity index (χ0) is 11.6. The van der Waals surface area contributed by atoms with Crippen LogP contribution in [-0.4, -0.2) is 80.9 Å². The van der Waals surface area contributed by atoms with Gasteiger partial charge in [-0.15, -0.1) is 0 Å². The summed E-state index contributed by atoms with van der Waals surface area (Å²) < 4.78 is 10.6. The van der Waals surface area contributed by atoms with E-state index in [4.69, 9.17) is 20.3 Å². The average molecular weight is 233 g/mol. The Hall–Kier alpha value is -0.240. The van der Waals surface area contributed by atoms with Crippen LogP contribution in [0.1, 0.15) is 0 Å². The van der Waals surface area contributed by atoms with Crippen LogP contribution in [0.25, 0.3) is 0 Å². The van der Waals surface area contributed by atoms with E-state index in [1.807, 2.05) is 0 Å². The third-order valence-corrected chi connectivity index (χ3v) is 2.50. The second-order valence-corrected chi connectivity index (χ2v) is 3.64. The first-order chi connectivity index (χ1) is 7.88. The van der Waals surface area contributed by atoms with Crippen molar-refractivity contribution in [3.8, 4) is 0 Å². The molecule has 3 N–H and O–H groups in total. The largest absolute Gasteiger partial charge is 0.394 e. The molecule has 0 aliphatic carbocycles. The van der Waals surface area contributed by atoms with Gasteiger partial charge in [-0.05, 0) is 0 Å². The number of ether oxygens (including phenoxy) is 2. The van der Waals surface area contributed by atoms with E-state index in [0.717, 1.165) is 39.4 Å². The van der Waals surface area contributed by atoms with E-state index in [2.05, 4.69) is 10.0 Å². The fraction of sp³-hybridized carbons (Fsp3) is 1.00. The summed E-state index contributed by atoms with van der Waals surface area (Å²) >= 11 is 0. The van der Waals surface area contributed by atoms with Gasteiger partial charge in [0.1, 0.15) is 0 Å². The first kappa shape index (κ1) is 13.8. The number of morpholine rings is 1. The van der Waals surface area contributed by atoms with Gasteiger partial charge in [-0.1, -0.05) is 0 Å². The Labute approximate surface area is 96.9 Å². The SMILES string of the molecule is NCCN(CCOCCO)N1CCOCC1. The van der Waals surface area contributed by atoms with Crippen molar-refractivity contribution in [3.63, 3.8) is 0 Å². The molecule has 1 fully saturated rings. The number of rotatable bonds is 8. The van der Waals surface area contributed by atoms with Gasteiger partial charge < -0.3 is 20.3 Å². The molecule has 1 aliphatic rings. The second-order valence-electron chi connectivity index (χ2n) is 3.64. The molecule has 6 nitrogen and oxygen atoms in total. The topological polar surface area (TPSA) is 71.2 Å². The molecule has 1 saturated heterocycles. The summed E-state index contributed by atoms with van der Waals surface area (Å²) in [4.78, 5) is 0. The van der Waals surface area contributed by atoms with Crippen LogP contribution in [-0.2, 0) is 9.47 Å². The summed E-state index contributed by atoms with van der Waals surface area (Å²) in [5.41, 5.74) is 5.59. The van der Waals surface area contributed by atoms with Crippen molar-refractivity contribution in [1.29, 1.82) is 0 Å². The van der Waals surface area contributed by atoms with E-state index >= 15 is 0 Å². The van der Waals surface area contributed by atoms with Crippen LogP contribution in [0.5, 0.6) is 0 Å². The van der Waals surface area contributed by atoms with Gasteiger partial charge in [-0.2, -0.15) is 0 Å². The third kappa shape index (κ3) is 5.20. The minimum absolute atomic E-state index is 0.0778. The first-order valence-electron chi connectivity index (χ1n) is 5.84. The summed E-state index contributed by atoms with van der Waals surface area (Å²) in [5.74, 6) is 0. The maximum Gasteiger partial charge on any atom is 0.0698 e. The molecule has 96 valence electrons. The number of aliphatic hydroxyl groups is 1. The maximum absolute atomic E-state index is 8.60. The van der Waals surface area contributed by atoms with Gasteiger partial charge in [0.05, 0.1) is 33.0 Å². The van der Waals surface area contributed by atoms with E-state index in [0.29, 0.717) is 19.8 Å². The summed E-state index contributed by atoms with van der Waals surface area (Å²) in [6, 6.07) is 0. The normalized spacial score (nSPS) is 18.2. The van der Waals surface area contributed by atoms with E-state index < -0.39 is 0 Å². The molecule has 0 aromatic heterocycles. The number of hydrazine groups is 1. The van der Waals surface area contributed by atoms with E-state index in [1.165, 1.54) is 0 Å². The molecular weight excluding hydrogens is 210 g/mol. The highest BCUT2D eigenvalue weighted by atomic mass is 16.5. The molecule has 1 aliphatic heterocycles. The summed E-state index contributed by atoms with van der Waals surface area (Å²) in [7, 11) is 0. The predicted molar refractivity (Wildman–Crippen MR) is 60.9 cm³/mol. The number of nitrogens with two attached hydrogens (primary N) is 1. The molecule has 0 spiro atoms. The van der Waals surface area contributed by atoms with Gasteiger partial charge >= 0.3 is 0 Å². The number of hydrogen-bond donors (Lipinski definition) is 2. The van der Waals surface area contributed by atoms with Crippen molar-refractivity contribution in [2.45, 2.75) is 0 Å². The van der Waals surface area contributed by atoms with E-state index in [-0.39, 0.29) is 6.61 Å². The fourth-order valence-electron chi connectivity index (χ4n) is 1.72. The summed E-state index contributed by atoms with van der Waals surface area (Å²) in [5, 5.41) is 13.1. The quantitative estimate of drug-likeness (QED) is 0.497. The van der Waals surface area contributed by atoms with Crippen molar-refractivity contribution in [2.75, 3.05) is 65.8 Å². The van der Waals surface area contributed by atoms with Crippen molar-refractivity contribution in [2.24, 2.45) is 5.73 Å². The second kappa shape index (κ2) is 8.86. The van der Waals surface area contributed by atoms with Crippen molar-refractivity contribution >= 4 is 0 Å². The molecule has 0 saturated carbocycles. The molecular formula is C10H23N3O3. The van der Waals surface area contributed by atoms with E-state index in [9.17, 15) is 0 Å². The lowest BCUT2D eigenvalue weighted by Gasteiger charge is -2.37. The lowest BCUT2D eigenvalue weighted by atomic mass is 10.4. The molecule has 6 heteroatoms. The van der Waals surface area contributed by atoms with Crippen LogP contribution in [0.15, 0.2) is 0 Å². The monoisotopic (exact) mass is 233 g/mol. The standard InChI is InChI=1S/C10H23N3O3/c11-1-2-12(3-9-16-10-6-14)13-4-7-15-8-5-13/h14H,1-11H2. The summed E-state index contributed by atoms with van der Waals surface area (Å²) in [6.07, 6.45) is 0. The zero-order valence-corrected chi connectivity index (χ0v) is 9.81.